The highest BCUT2D eigenvalue weighted by atomic mass is 32.1. The average Bonchev–Trinajstić information content (AvgIpc) is 3.42. The van der Waals surface area contributed by atoms with Crippen molar-refractivity contribution in [3.8, 4) is 21.3 Å². The second-order valence-corrected chi connectivity index (χ2v) is 8.93. The van der Waals surface area contributed by atoms with Crippen molar-refractivity contribution in [1.82, 2.24) is 14.9 Å². The molecule has 4 aromatic rings. The second kappa shape index (κ2) is 8.61. The van der Waals surface area contributed by atoms with Gasteiger partial charge in [0.25, 0.3) is 0 Å². The summed E-state index contributed by atoms with van der Waals surface area (Å²) in [5.41, 5.74) is 3.65. The van der Waals surface area contributed by atoms with Crippen molar-refractivity contribution in [3.63, 3.8) is 0 Å². The molecular formula is C22H20N4O2S2. The number of nitrogens with one attached hydrogen (secondary N) is 1. The van der Waals surface area contributed by atoms with Crippen LogP contribution in [0.25, 0.3) is 31.5 Å². The molecule has 1 N–H and O–H groups in total. The van der Waals surface area contributed by atoms with Crippen LogP contribution in [0, 0.1) is 0 Å². The Morgan fingerprint density at radius 2 is 1.93 bits per heavy atom. The Balaban J connectivity index is 1.31. The maximum absolute atomic E-state index is 12.4. The van der Waals surface area contributed by atoms with E-state index in [4.69, 9.17) is 14.7 Å². The van der Waals surface area contributed by atoms with Gasteiger partial charge in [0.1, 0.15) is 15.7 Å². The molecule has 0 bridgehead atoms. The minimum atomic E-state index is -0.0108. The van der Waals surface area contributed by atoms with Crippen LogP contribution >= 0.6 is 22.7 Å². The highest BCUT2D eigenvalue weighted by molar-refractivity contribution is 7.22. The predicted octanol–water partition coefficient (Wildman–Crippen LogP) is 4.36. The van der Waals surface area contributed by atoms with Crippen molar-refractivity contribution >= 4 is 44.5 Å². The zero-order valence-corrected chi connectivity index (χ0v) is 17.8. The third-order valence-corrected chi connectivity index (χ3v) is 6.83. The number of aromatic nitrogens is 2. The minimum absolute atomic E-state index is 0.0108. The number of thiazole rings is 2. The molecule has 0 aliphatic carbocycles. The van der Waals surface area contributed by atoms with E-state index in [9.17, 15) is 4.79 Å². The maximum atomic E-state index is 12.4. The summed E-state index contributed by atoms with van der Waals surface area (Å²) in [5.74, 6) is -0.0108. The number of amides is 1. The van der Waals surface area contributed by atoms with Crippen LogP contribution in [0.4, 0.5) is 5.69 Å². The molecule has 1 aliphatic rings. The van der Waals surface area contributed by atoms with E-state index in [0.717, 1.165) is 50.3 Å². The fourth-order valence-electron chi connectivity index (χ4n) is 3.38. The first-order valence-electron chi connectivity index (χ1n) is 9.76. The Morgan fingerprint density at radius 3 is 2.80 bits per heavy atom. The molecule has 0 unspecified atom stereocenters. The van der Waals surface area contributed by atoms with E-state index >= 15 is 0 Å². The van der Waals surface area contributed by atoms with Crippen molar-refractivity contribution in [3.05, 3.63) is 53.9 Å². The number of anilines is 1. The number of hydrogen-bond donors (Lipinski definition) is 1. The molecule has 1 fully saturated rings. The zero-order valence-electron chi connectivity index (χ0n) is 16.2. The van der Waals surface area contributed by atoms with Gasteiger partial charge in [0.05, 0.1) is 30.0 Å². The third kappa shape index (κ3) is 4.27. The van der Waals surface area contributed by atoms with Crippen LogP contribution in [0.2, 0.25) is 0 Å². The highest BCUT2D eigenvalue weighted by Gasteiger charge is 2.15. The molecule has 1 aliphatic heterocycles. The van der Waals surface area contributed by atoms with Gasteiger partial charge in [-0.25, -0.2) is 9.97 Å². The summed E-state index contributed by atoms with van der Waals surface area (Å²) in [6.07, 6.45) is 0. The van der Waals surface area contributed by atoms with Crippen LogP contribution < -0.4 is 5.32 Å². The standard InChI is InChI=1S/C22H20N4O2S2/c27-20(13-26-8-10-28-11-9-26)23-16-5-3-4-15(12-16)21-25-18(14-29-21)22-24-17-6-1-2-7-19(17)30-22/h1-7,12,14H,8-11,13H2,(H,23,27). The SMILES string of the molecule is O=C(CN1CCOCC1)Nc1cccc(-c2nc(-c3nc4ccccc4s3)cs2)c1. The zero-order chi connectivity index (χ0) is 20.3. The molecule has 0 atom stereocenters. The number of para-hydroxylation sites is 1. The van der Waals surface area contributed by atoms with E-state index in [2.05, 4.69) is 16.3 Å². The van der Waals surface area contributed by atoms with Gasteiger partial charge in [-0.05, 0) is 24.3 Å². The maximum Gasteiger partial charge on any atom is 0.238 e. The van der Waals surface area contributed by atoms with E-state index in [1.807, 2.05) is 47.8 Å². The van der Waals surface area contributed by atoms with Crippen molar-refractivity contribution < 1.29 is 9.53 Å². The summed E-state index contributed by atoms with van der Waals surface area (Å²) in [6, 6.07) is 15.9. The van der Waals surface area contributed by atoms with E-state index < -0.39 is 0 Å². The molecule has 8 heteroatoms. The number of hydrogen-bond acceptors (Lipinski definition) is 7. The molecule has 2 aromatic carbocycles. The molecule has 0 saturated carbocycles. The molecule has 1 saturated heterocycles. The molecule has 2 aromatic heterocycles. The number of benzene rings is 2. The molecule has 0 spiro atoms. The average molecular weight is 437 g/mol. The Hall–Kier alpha value is -2.65. The third-order valence-electron chi connectivity index (χ3n) is 4.88. The summed E-state index contributed by atoms with van der Waals surface area (Å²) in [5, 5.41) is 6.87. The van der Waals surface area contributed by atoms with Gasteiger partial charge in [0.2, 0.25) is 5.91 Å². The summed E-state index contributed by atoms with van der Waals surface area (Å²) in [6.45, 7) is 3.34. The Labute approximate surface area is 182 Å². The van der Waals surface area contributed by atoms with E-state index in [-0.39, 0.29) is 5.91 Å². The Kier molecular flexibility index (Phi) is 5.54. The van der Waals surface area contributed by atoms with Crippen molar-refractivity contribution in [2.45, 2.75) is 0 Å². The number of nitrogens with zero attached hydrogens (tertiary/aromatic N) is 3. The summed E-state index contributed by atoms with van der Waals surface area (Å²) >= 11 is 3.23. The fraction of sp³-hybridized carbons (Fsp3) is 0.227. The molecule has 5 rings (SSSR count). The summed E-state index contributed by atoms with van der Waals surface area (Å²) < 4.78 is 6.49. The van der Waals surface area contributed by atoms with Crippen LogP contribution in [0.5, 0.6) is 0 Å². The van der Waals surface area contributed by atoms with Gasteiger partial charge in [-0.15, -0.1) is 22.7 Å². The van der Waals surface area contributed by atoms with Gasteiger partial charge in [-0.3, -0.25) is 9.69 Å². The first kappa shape index (κ1) is 19.3. The predicted molar refractivity (Wildman–Crippen MR) is 122 cm³/mol. The molecule has 152 valence electrons. The lowest BCUT2D eigenvalue weighted by atomic mass is 10.2. The first-order chi connectivity index (χ1) is 14.7. The van der Waals surface area contributed by atoms with Gasteiger partial charge < -0.3 is 10.1 Å². The summed E-state index contributed by atoms with van der Waals surface area (Å²) in [7, 11) is 0. The number of carbonyl (C=O) groups excluding carboxylic acids is 1. The van der Waals surface area contributed by atoms with Gasteiger partial charge in [-0.1, -0.05) is 24.3 Å². The van der Waals surface area contributed by atoms with Crippen LogP contribution in [-0.2, 0) is 9.53 Å². The molecular weight excluding hydrogens is 416 g/mol. The number of morpholine rings is 1. The van der Waals surface area contributed by atoms with Crippen LogP contribution in [0.1, 0.15) is 0 Å². The molecule has 0 radical (unpaired) electrons. The lowest BCUT2D eigenvalue weighted by Gasteiger charge is -2.25. The molecule has 1 amide bonds. The Bertz CT molecular complexity index is 1150. The van der Waals surface area contributed by atoms with Gasteiger partial charge in [-0.2, -0.15) is 0 Å². The van der Waals surface area contributed by atoms with E-state index in [0.29, 0.717) is 19.8 Å². The lowest BCUT2D eigenvalue weighted by molar-refractivity contribution is -0.118. The van der Waals surface area contributed by atoms with Crippen LogP contribution in [0.15, 0.2) is 53.9 Å². The van der Waals surface area contributed by atoms with Crippen LogP contribution in [-0.4, -0.2) is 53.6 Å². The van der Waals surface area contributed by atoms with Gasteiger partial charge in [0.15, 0.2) is 0 Å². The Morgan fingerprint density at radius 1 is 1.07 bits per heavy atom. The molecule has 3 heterocycles. The smallest absolute Gasteiger partial charge is 0.238 e. The van der Waals surface area contributed by atoms with Crippen molar-refractivity contribution in [2.24, 2.45) is 0 Å². The largest absolute Gasteiger partial charge is 0.379 e. The van der Waals surface area contributed by atoms with Crippen LogP contribution in [0.3, 0.4) is 0 Å². The van der Waals surface area contributed by atoms with E-state index in [1.54, 1.807) is 22.7 Å². The van der Waals surface area contributed by atoms with Gasteiger partial charge in [0, 0.05) is 29.7 Å². The van der Waals surface area contributed by atoms with Crippen molar-refractivity contribution in [2.75, 3.05) is 38.2 Å². The minimum Gasteiger partial charge on any atom is -0.379 e. The number of rotatable bonds is 5. The number of ether oxygens (including phenoxy) is 1. The first-order valence-corrected chi connectivity index (χ1v) is 11.5. The topological polar surface area (TPSA) is 67.3 Å². The molecule has 6 nitrogen and oxygen atoms in total. The summed E-state index contributed by atoms with van der Waals surface area (Å²) in [4.78, 5) is 24.0. The fourth-order valence-corrected chi connectivity index (χ4v) is 5.18. The highest BCUT2D eigenvalue weighted by Crippen LogP contribution is 2.34. The number of carbonyl (C=O) groups is 1. The lowest BCUT2D eigenvalue weighted by Crippen LogP contribution is -2.41. The van der Waals surface area contributed by atoms with Gasteiger partial charge >= 0.3 is 0 Å². The normalized spacial score (nSPS) is 14.8. The van der Waals surface area contributed by atoms with E-state index in [1.165, 1.54) is 0 Å². The number of fused-ring (bicyclic) bond motifs is 1. The monoisotopic (exact) mass is 436 g/mol. The quantitative estimate of drug-likeness (QED) is 0.504. The van der Waals surface area contributed by atoms with Crippen molar-refractivity contribution in [1.29, 1.82) is 0 Å². The molecule has 30 heavy (non-hydrogen) atoms. The second-order valence-electron chi connectivity index (χ2n) is 7.04.